The summed E-state index contributed by atoms with van der Waals surface area (Å²) in [6.45, 7) is 0.177. The third-order valence-electron chi connectivity index (χ3n) is 5.92. The lowest BCUT2D eigenvalue weighted by Crippen LogP contribution is -2.41. The third kappa shape index (κ3) is 7.20. The number of anilines is 3. The molecule has 2 aromatic carbocycles. The molecule has 0 fully saturated rings. The molecule has 0 aliphatic carbocycles. The van der Waals surface area contributed by atoms with E-state index < -0.39 is 41.8 Å². The number of methoxy groups -OCH3 is 1. The summed E-state index contributed by atoms with van der Waals surface area (Å²) in [5.41, 5.74) is 1.38. The van der Waals surface area contributed by atoms with Crippen LogP contribution >= 0.6 is 0 Å². The fourth-order valence-corrected chi connectivity index (χ4v) is 3.80. The first-order valence-electron chi connectivity index (χ1n) is 12.4. The molecule has 0 aliphatic rings. The highest BCUT2D eigenvalue weighted by atomic mass is 16.5. The van der Waals surface area contributed by atoms with Gasteiger partial charge in [0, 0.05) is 17.7 Å². The van der Waals surface area contributed by atoms with Crippen molar-refractivity contribution in [2.75, 3.05) is 17.7 Å². The molecule has 4 aromatic rings. The van der Waals surface area contributed by atoms with E-state index in [0.29, 0.717) is 17.1 Å². The van der Waals surface area contributed by atoms with E-state index in [1.807, 2.05) is 0 Å². The SMILES string of the molecule is COC(=O)c1ccccc1Nc1nc2ncc(CNc3ccc(C(=O)N[C@@H](CCC(=O)O)C(=O)O)cc3)nc2c(=O)[nH]1. The molecule has 15 heteroatoms. The van der Waals surface area contributed by atoms with Crippen LogP contribution in [0.1, 0.15) is 39.3 Å². The molecule has 4 rings (SSSR count). The van der Waals surface area contributed by atoms with E-state index in [-0.39, 0.29) is 41.2 Å². The summed E-state index contributed by atoms with van der Waals surface area (Å²) in [7, 11) is 1.26. The van der Waals surface area contributed by atoms with E-state index in [4.69, 9.17) is 9.84 Å². The van der Waals surface area contributed by atoms with E-state index in [9.17, 15) is 29.1 Å². The van der Waals surface area contributed by atoms with Crippen LogP contribution in [0.5, 0.6) is 0 Å². The number of nitrogens with zero attached hydrogens (tertiary/aromatic N) is 3. The third-order valence-corrected chi connectivity index (χ3v) is 5.92. The maximum absolute atomic E-state index is 12.7. The highest BCUT2D eigenvalue weighted by Gasteiger charge is 2.21. The van der Waals surface area contributed by atoms with Crippen LogP contribution in [0.15, 0.2) is 59.5 Å². The number of amides is 1. The minimum atomic E-state index is -1.34. The number of ether oxygens (including phenoxy) is 1. The Morgan fingerprint density at radius 3 is 2.45 bits per heavy atom. The van der Waals surface area contributed by atoms with Crippen molar-refractivity contribution in [2.45, 2.75) is 25.4 Å². The Labute approximate surface area is 237 Å². The van der Waals surface area contributed by atoms with Gasteiger partial charge in [0.05, 0.1) is 36.8 Å². The summed E-state index contributed by atoms with van der Waals surface area (Å²) in [5.74, 6) is -3.65. The van der Waals surface area contributed by atoms with Crippen molar-refractivity contribution < 1.29 is 34.1 Å². The number of aromatic nitrogens is 4. The van der Waals surface area contributed by atoms with Crippen molar-refractivity contribution in [2.24, 2.45) is 0 Å². The Morgan fingerprint density at radius 2 is 1.76 bits per heavy atom. The number of benzene rings is 2. The fraction of sp³-hybridized carbons (Fsp3) is 0.185. The molecule has 0 saturated heterocycles. The number of carbonyl (C=O) groups excluding carboxylic acids is 2. The van der Waals surface area contributed by atoms with Crippen LogP contribution in [-0.2, 0) is 20.9 Å². The number of para-hydroxylation sites is 1. The Bertz CT molecular complexity index is 1710. The minimum Gasteiger partial charge on any atom is -0.481 e. The van der Waals surface area contributed by atoms with Crippen LogP contribution in [-0.4, -0.2) is 67.1 Å². The number of carbonyl (C=O) groups is 4. The average Bonchev–Trinajstić information content (AvgIpc) is 2.98. The molecular weight excluding hydrogens is 550 g/mol. The van der Waals surface area contributed by atoms with Gasteiger partial charge in [0.2, 0.25) is 5.95 Å². The smallest absolute Gasteiger partial charge is 0.339 e. The molecule has 1 amide bonds. The molecule has 0 saturated carbocycles. The first kappa shape index (κ1) is 29.1. The largest absolute Gasteiger partial charge is 0.481 e. The number of nitrogens with one attached hydrogen (secondary N) is 4. The molecule has 0 unspecified atom stereocenters. The number of fused-ring (bicyclic) bond motifs is 1. The first-order chi connectivity index (χ1) is 20.1. The van der Waals surface area contributed by atoms with Gasteiger partial charge in [-0.1, -0.05) is 12.1 Å². The topological polar surface area (TPSA) is 226 Å². The van der Waals surface area contributed by atoms with Gasteiger partial charge in [0.1, 0.15) is 6.04 Å². The summed E-state index contributed by atoms with van der Waals surface area (Å²) in [5, 5.41) is 26.3. The Morgan fingerprint density at radius 1 is 1.02 bits per heavy atom. The molecule has 2 heterocycles. The number of esters is 1. The zero-order valence-electron chi connectivity index (χ0n) is 22.1. The van der Waals surface area contributed by atoms with Gasteiger partial charge < -0.3 is 30.9 Å². The lowest BCUT2D eigenvalue weighted by Gasteiger charge is -2.14. The second-order valence-electron chi connectivity index (χ2n) is 8.84. The fourth-order valence-electron chi connectivity index (χ4n) is 3.80. The summed E-state index contributed by atoms with van der Waals surface area (Å²) < 4.78 is 4.78. The molecule has 0 aliphatic heterocycles. The highest BCUT2D eigenvalue weighted by Crippen LogP contribution is 2.20. The molecule has 0 radical (unpaired) electrons. The normalized spacial score (nSPS) is 11.4. The minimum absolute atomic E-state index is 0.00371. The Balaban J connectivity index is 1.41. The number of hydrogen-bond acceptors (Lipinski definition) is 11. The van der Waals surface area contributed by atoms with Crippen molar-refractivity contribution in [3.8, 4) is 0 Å². The number of aromatic amines is 1. The van der Waals surface area contributed by atoms with Crippen LogP contribution in [0.25, 0.3) is 11.2 Å². The molecule has 0 bridgehead atoms. The summed E-state index contributed by atoms with van der Waals surface area (Å²) in [6.07, 6.45) is 0.796. The molecule has 6 N–H and O–H groups in total. The van der Waals surface area contributed by atoms with Gasteiger partial charge in [-0.2, -0.15) is 4.98 Å². The predicted molar refractivity (Wildman–Crippen MR) is 149 cm³/mol. The van der Waals surface area contributed by atoms with Gasteiger partial charge in [-0.15, -0.1) is 0 Å². The van der Waals surface area contributed by atoms with E-state index in [2.05, 4.69) is 35.9 Å². The van der Waals surface area contributed by atoms with Crippen molar-refractivity contribution in [3.63, 3.8) is 0 Å². The van der Waals surface area contributed by atoms with Crippen LogP contribution < -0.4 is 21.5 Å². The summed E-state index contributed by atoms with van der Waals surface area (Å²) in [6, 6.07) is 11.4. The molecule has 216 valence electrons. The van der Waals surface area contributed by atoms with Gasteiger partial charge in [0.25, 0.3) is 11.5 Å². The second-order valence-corrected chi connectivity index (χ2v) is 8.84. The zero-order chi connectivity index (χ0) is 30.2. The molecule has 15 nitrogen and oxygen atoms in total. The number of carboxylic acids is 2. The molecular formula is C27H25N7O8. The van der Waals surface area contributed by atoms with Crippen molar-refractivity contribution in [1.29, 1.82) is 0 Å². The zero-order valence-corrected chi connectivity index (χ0v) is 22.1. The molecule has 42 heavy (non-hydrogen) atoms. The second kappa shape index (κ2) is 13.0. The quantitative estimate of drug-likeness (QED) is 0.133. The lowest BCUT2D eigenvalue weighted by atomic mass is 10.1. The van der Waals surface area contributed by atoms with E-state index >= 15 is 0 Å². The van der Waals surface area contributed by atoms with Gasteiger partial charge >= 0.3 is 17.9 Å². The number of H-pyrrole nitrogens is 1. The van der Waals surface area contributed by atoms with Crippen LogP contribution in [0, 0.1) is 0 Å². The molecule has 2 aromatic heterocycles. The Hall–Kier alpha value is -5.86. The Kier molecular flexibility index (Phi) is 9.01. The summed E-state index contributed by atoms with van der Waals surface area (Å²) >= 11 is 0. The van der Waals surface area contributed by atoms with Crippen molar-refractivity contribution in [1.82, 2.24) is 25.3 Å². The highest BCUT2D eigenvalue weighted by molar-refractivity contribution is 5.97. The van der Waals surface area contributed by atoms with Gasteiger partial charge in [-0.3, -0.25) is 19.4 Å². The van der Waals surface area contributed by atoms with Crippen LogP contribution in [0.3, 0.4) is 0 Å². The van der Waals surface area contributed by atoms with E-state index in [1.54, 1.807) is 36.4 Å². The lowest BCUT2D eigenvalue weighted by molar-refractivity contribution is -0.140. The van der Waals surface area contributed by atoms with Crippen molar-refractivity contribution in [3.05, 3.63) is 81.9 Å². The molecule has 1 atom stereocenters. The van der Waals surface area contributed by atoms with Crippen LogP contribution in [0.4, 0.5) is 17.3 Å². The monoisotopic (exact) mass is 575 g/mol. The number of carboxylic acid groups (broad SMARTS) is 2. The van der Waals surface area contributed by atoms with Gasteiger partial charge in [0.15, 0.2) is 11.2 Å². The maximum atomic E-state index is 12.7. The number of hydrogen-bond donors (Lipinski definition) is 6. The summed E-state index contributed by atoms with van der Waals surface area (Å²) in [4.78, 5) is 74.6. The number of rotatable bonds is 12. The van der Waals surface area contributed by atoms with E-state index in [1.165, 1.54) is 25.4 Å². The van der Waals surface area contributed by atoms with E-state index in [0.717, 1.165) is 0 Å². The first-order valence-corrected chi connectivity index (χ1v) is 12.4. The van der Waals surface area contributed by atoms with Crippen LogP contribution in [0.2, 0.25) is 0 Å². The van der Waals surface area contributed by atoms with Gasteiger partial charge in [-0.05, 0) is 42.8 Å². The molecule has 0 spiro atoms. The van der Waals surface area contributed by atoms with Gasteiger partial charge in [-0.25, -0.2) is 19.6 Å². The maximum Gasteiger partial charge on any atom is 0.339 e. The number of aliphatic carboxylic acids is 2. The predicted octanol–water partition coefficient (Wildman–Crippen LogP) is 1.90. The van der Waals surface area contributed by atoms with Crippen molar-refractivity contribution >= 4 is 52.3 Å². The average molecular weight is 576 g/mol. The standard InChI is InChI=1S/C27H25N7O8/c1-42-26(41)17-4-2-3-5-18(17)32-27-33-22-21(24(38)34-27)30-16(13-29-22)12-28-15-8-6-14(7-9-15)23(37)31-19(25(39)40)10-11-20(35)36/h2-9,13,19,28H,10-12H2,1H3,(H,31,37)(H,35,36)(H,39,40)(H2,29,32,33,34,38)/t19-/m0/s1.